The van der Waals surface area contributed by atoms with Gasteiger partial charge in [-0.25, -0.2) is 0 Å². The molecule has 0 aliphatic heterocycles. The summed E-state index contributed by atoms with van der Waals surface area (Å²) in [7, 11) is 1.76. The third-order valence-corrected chi connectivity index (χ3v) is 1.24. The maximum Gasteiger partial charge on any atom is 0.292 e. The van der Waals surface area contributed by atoms with Crippen molar-refractivity contribution in [2.24, 2.45) is 0 Å². The molecule has 0 fully saturated rings. The molecule has 0 atom stereocenters. The smallest absolute Gasteiger partial charge is 0.292 e. The molecule has 1 nitrogen and oxygen atoms in total. The third-order valence-electron chi connectivity index (χ3n) is 1.24. The van der Waals surface area contributed by atoms with E-state index in [2.05, 4.69) is 13.8 Å². The minimum absolute atomic E-state index is 0. The largest absolute Gasteiger partial charge is 0.439 e. The molecule has 0 heterocycles. The molecule has 0 saturated carbocycles. The zero-order valence-corrected chi connectivity index (χ0v) is 8.40. The summed E-state index contributed by atoms with van der Waals surface area (Å²) in [5.74, 6) is 0. The molecular weight excluding hydrogens is 110 g/mol. The van der Waals surface area contributed by atoms with Gasteiger partial charge in [0.15, 0.2) is 0 Å². The van der Waals surface area contributed by atoms with Gasteiger partial charge in [0.2, 0.25) is 0 Å². The van der Waals surface area contributed by atoms with Crippen LogP contribution in [0.15, 0.2) is 0 Å². The molecule has 43 valence electrons. The predicted octanol–water partition coefficient (Wildman–Crippen LogP) is 1.28. The van der Waals surface area contributed by atoms with Gasteiger partial charge in [0.1, 0.15) is 0 Å². The Morgan fingerprint density at radius 1 is 1.25 bits per heavy atom. The van der Waals surface area contributed by atoms with Crippen molar-refractivity contribution in [1.29, 1.82) is 0 Å². The number of hydrogen-bond acceptors (Lipinski definition) is 1. The quantitative estimate of drug-likeness (QED) is 0.513. The molecule has 8 heavy (non-hydrogen) atoms. The van der Waals surface area contributed by atoms with Crippen LogP contribution in [0.25, 0.3) is 0 Å². The van der Waals surface area contributed by atoms with Crippen molar-refractivity contribution >= 4 is 36.5 Å². The second kappa shape index (κ2) is 8.02. The van der Waals surface area contributed by atoms with E-state index in [1.54, 1.807) is 7.11 Å². The van der Waals surface area contributed by atoms with Crippen LogP contribution in [0, 0.1) is 0 Å². The summed E-state index contributed by atoms with van der Waals surface area (Å²) in [4.78, 5) is 0. The van der Waals surface area contributed by atoms with Crippen molar-refractivity contribution < 1.29 is 4.65 Å². The zero-order chi connectivity index (χ0) is 5.70. The molecule has 1 radical (unpaired) electrons. The second-order valence-corrected chi connectivity index (χ2v) is 1.67. The van der Waals surface area contributed by atoms with Gasteiger partial charge in [0, 0.05) is 36.7 Å². The number of rotatable bonds is 3. The van der Waals surface area contributed by atoms with Crippen LogP contribution in [0.4, 0.5) is 0 Å². The molecule has 0 N–H and O–H groups in total. The van der Waals surface area contributed by atoms with E-state index in [-0.39, 0.29) is 29.6 Å². The van der Waals surface area contributed by atoms with Crippen molar-refractivity contribution in [2.75, 3.05) is 7.11 Å². The summed E-state index contributed by atoms with van der Waals surface area (Å²) in [5, 5.41) is 0. The summed E-state index contributed by atoms with van der Waals surface area (Å²) >= 11 is 0. The Morgan fingerprint density at radius 3 is 1.62 bits per heavy atom. The van der Waals surface area contributed by atoms with E-state index in [1.807, 2.05) is 0 Å². The van der Waals surface area contributed by atoms with Crippen molar-refractivity contribution in [3.05, 3.63) is 0 Å². The topological polar surface area (TPSA) is 9.23 Å². The Hall–Kier alpha value is 1.02. The molecule has 0 aromatic carbocycles. The average molecular weight is 123 g/mol. The normalized spacial score (nSPS) is 7.88. The summed E-state index contributed by atoms with van der Waals surface area (Å²) in [6, 6.07) is 0. The van der Waals surface area contributed by atoms with Crippen LogP contribution in [0.2, 0.25) is 12.6 Å². The first-order chi connectivity index (χ1) is 3.35. The molecule has 0 aromatic rings. The van der Waals surface area contributed by atoms with Gasteiger partial charge in [-0.3, -0.25) is 0 Å². The van der Waals surface area contributed by atoms with Gasteiger partial charge in [0.05, 0.1) is 0 Å². The van der Waals surface area contributed by atoms with Crippen LogP contribution in [0.1, 0.15) is 13.8 Å². The minimum Gasteiger partial charge on any atom is -0.439 e. The maximum absolute atomic E-state index is 5.05. The SMILES string of the molecule is CCB(CC)OC.[Na]. The van der Waals surface area contributed by atoms with Gasteiger partial charge in [-0.2, -0.15) is 0 Å². The monoisotopic (exact) mass is 123 g/mol. The molecule has 0 aliphatic carbocycles. The molecule has 3 heteroatoms. The fraction of sp³-hybridized carbons (Fsp3) is 1.00. The molecule has 0 bridgehead atoms. The van der Waals surface area contributed by atoms with E-state index in [4.69, 9.17) is 4.65 Å². The van der Waals surface area contributed by atoms with Crippen molar-refractivity contribution in [3.63, 3.8) is 0 Å². The third kappa shape index (κ3) is 5.17. The predicted molar refractivity (Wildman–Crippen MR) is 39.5 cm³/mol. The molecule has 0 rings (SSSR count). The van der Waals surface area contributed by atoms with Gasteiger partial charge in [-0.1, -0.05) is 26.5 Å². The average Bonchev–Trinajstić information content (AvgIpc) is 1.72. The van der Waals surface area contributed by atoms with Crippen LogP contribution in [-0.4, -0.2) is 43.6 Å². The van der Waals surface area contributed by atoms with Crippen molar-refractivity contribution in [3.8, 4) is 0 Å². The molecule has 0 aromatic heterocycles. The van der Waals surface area contributed by atoms with Gasteiger partial charge >= 0.3 is 0 Å². The summed E-state index contributed by atoms with van der Waals surface area (Å²) in [6.45, 7) is 4.76. The second-order valence-electron chi connectivity index (χ2n) is 1.67. The summed E-state index contributed by atoms with van der Waals surface area (Å²) in [5.41, 5.74) is 0. The van der Waals surface area contributed by atoms with Crippen LogP contribution in [-0.2, 0) is 4.65 Å². The Labute approximate surface area is 74.6 Å². The first kappa shape index (κ1) is 11.8. The van der Waals surface area contributed by atoms with Gasteiger partial charge in [-0.15, -0.1) is 0 Å². The van der Waals surface area contributed by atoms with E-state index in [1.165, 1.54) is 0 Å². The molecular formula is C5H13BNaO. The number of hydrogen-bond donors (Lipinski definition) is 0. The molecule has 0 unspecified atom stereocenters. The fourth-order valence-corrected chi connectivity index (χ4v) is 0.622. The van der Waals surface area contributed by atoms with Crippen LogP contribution >= 0.6 is 0 Å². The van der Waals surface area contributed by atoms with Crippen molar-refractivity contribution in [2.45, 2.75) is 26.5 Å². The summed E-state index contributed by atoms with van der Waals surface area (Å²) in [6.07, 6.45) is 2.26. The zero-order valence-electron chi connectivity index (χ0n) is 6.40. The van der Waals surface area contributed by atoms with E-state index < -0.39 is 0 Å². The maximum atomic E-state index is 5.05. The first-order valence-electron chi connectivity index (χ1n) is 2.87. The standard InChI is InChI=1S/C5H13BO.Na/c1-4-6(5-2)7-3;/h4-5H2,1-3H3;. The Kier molecular flexibility index (Phi) is 11.8. The van der Waals surface area contributed by atoms with Gasteiger partial charge in [0.25, 0.3) is 6.92 Å². The van der Waals surface area contributed by atoms with E-state index in [9.17, 15) is 0 Å². The van der Waals surface area contributed by atoms with E-state index in [0.29, 0.717) is 6.92 Å². The first-order valence-corrected chi connectivity index (χ1v) is 2.87. The Balaban J connectivity index is 0. The van der Waals surface area contributed by atoms with Crippen LogP contribution in [0.5, 0.6) is 0 Å². The Bertz CT molecular complexity index is 33.9. The molecule has 0 aliphatic rings. The fourth-order valence-electron chi connectivity index (χ4n) is 0.622. The Morgan fingerprint density at radius 2 is 1.62 bits per heavy atom. The van der Waals surface area contributed by atoms with E-state index >= 15 is 0 Å². The van der Waals surface area contributed by atoms with Crippen molar-refractivity contribution in [1.82, 2.24) is 0 Å². The van der Waals surface area contributed by atoms with Crippen LogP contribution < -0.4 is 0 Å². The van der Waals surface area contributed by atoms with Gasteiger partial charge in [-0.05, 0) is 0 Å². The minimum atomic E-state index is 0. The molecule has 0 spiro atoms. The van der Waals surface area contributed by atoms with E-state index in [0.717, 1.165) is 12.6 Å². The molecule has 0 saturated heterocycles. The van der Waals surface area contributed by atoms with Gasteiger partial charge < -0.3 is 4.65 Å². The summed E-state index contributed by atoms with van der Waals surface area (Å²) < 4.78 is 5.05. The van der Waals surface area contributed by atoms with Crippen LogP contribution in [0.3, 0.4) is 0 Å². The molecule has 0 amide bonds.